The molecule has 2 fully saturated rings. The fourth-order valence-corrected chi connectivity index (χ4v) is 6.04. The Balaban J connectivity index is 1.53. The number of aromatic nitrogens is 1. The fourth-order valence-electron chi connectivity index (χ4n) is 5.25. The van der Waals surface area contributed by atoms with Crippen LogP contribution in [0, 0.1) is 5.82 Å². The van der Waals surface area contributed by atoms with Gasteiger partial charge in [-0.15, -0.1) is 0 Å². The Hall–Kier alpha value is -4.03. The minimum absolute atomic E-state index is 0.0649. The Morgan fingerprint density at radius 1 is 1.26 bits per heavy atom. The van der Waals surface area contributed by atoms with Crippen molar-refractivity contribution in [2.75, 3.05) is 32.4 Å². The summed E-state index contributed by atoms with van der Waals surface area (Å²) in [6, 6.07) is 10.4. The number of para-hydroxylation sites is 1. The van der Waals surface area contributed by atoms with Gasteiger partial charge in [0.1, 0.15) is 18.0 Å². The molecule has 0 radical (unpaired) electrons. The van der Waals surface area contributed by atoms with Gasteiger partial charge in [-0.05, 0) is 36.2 Å². The summed E-state index contributed by atoms with van der Waals surface area (Å²) in [7, 11) is 1.53. The second-order valence-electron chi connectivity index (χ2n) is 9.83. The highest BCUT2D eigenvalue weighted by atomic mass is 32.1. The van der Waals surface area contributed by atoms with Crippen molar-refractivity contribution in [1.29, 1.82) is 0 Å². The quantitative estimate of drug-likeness (QED) is 0.437. The largest absolute Gasteiger partial charge is 0.375 e. The van der Waals surface area contributed by atoms with Crippen molar-refractivity contribution in [2.45, 2.75) is 32.1 Å². The van der Waals surface area contributed by atoms with Crippen molar-refractivity contribution in [1.82, 2.24) is 30.1 Å². The summed E-state index contributed by atoms with van der Waals surface area (Å²) >= 11 is 1.38. The smallest absolute Gasteiger partial charge is 0.332 e. The average molecular weight is 552 g/mol. The number of anilines is 1. The highest BCUT2D eigenvalue weighted by Gasteiger charge is 2.52. The van der Waals surface area contributed by atoms with Crippen molar-refractivity contribution < 1.29 is 18.8 Å². The number of thiazole rings is 1. The number of nitrogen functional groups attached to an aromatic ring is 1. The Bertz CT molecular complexity index is 1440. The molecule has 5 rings (SSSR count). The number of carbonyl (C=O) groups is 3. The normalized spacial score (nSPS) is 19.5. The van der Waals surface area contributed by atoms with Gasteiger partial charge in [0.05, 0.1) is 29.9 Å². The first kappa shape index (κ1) is 26.6. The molecule has 0 bridgehead atoms. The van der Waals surface area contributed by atoms with Crippen LogP contribution < -0.4 is 11.1 Å². The zero-order chi connectivity index (χ0) is 27.8. The van der Waals surface area contributed by atoms with E-state index < -0.39 is 12.2 Å². The number of nitrogens with zero attached hydrogens (tertiary/aromatic N) is 5. The minimum atomic E-state index is -0.831. The van der Waals surface area contributed by atoms with Gasteiger partial charge in [-0.2, -0.15) is 5.01 Å². The number of hydrazine groups is 1. The predicted octanol–water partition coefficient (Wildman–Crippen LogP) is 2.57. The number of urea groups is 1. The van der Waals surface area contributed by atoms with Gasteiger partial charge in [-0.3, -0.25) is 14.6 Å². The van der Waals surface area contributed by atoms with Gasteiger partial charge < -0.3 is 20.9 Å². The molecule has 4 amide bonds. The molecular formula is C27H30FN7O3S. The molecule has 2 aliphatic rings. The molecule has 3 aromatic rings. The molecule has 3 heterocycles. The lowest BCUT2D eigenvalue weighted by atomic mass is 10.00. The molecule has 2 saturated heterocycles. The number of fused-ring (bicyclic) bond motifs is 2. The van der Waals surface area contributed by atoms with Crippen molar-refractivity contribution in [3.8, 4) is 0 Å². The van der Waals surface area contributed by atoms with E-state index in [1.807, 2.05) is 18.2 Å². The van der Waals surface area contributed by atoms with Gasteiger partial charge in [0, 0.05) is 20.0 Å². The maximum atomic E-state index is 14.0. The van der Waals surface area contributed by atoms with E-state index in [0.717, 1.165) is 26.9 Å². The topological polar surface area (TPSA) is 115 Å². The first-order chi connectivity index (χ1) is 18.7. The zero-order valence-electron chi connectivity index (χ0n) is 21.8. The number of amides is 4. The van der Waals surface area contributed by atoms with Crippen LogP contribution in [0.5, 0.6) is 0 Å². The third kappa shape index (κ3) is 5.17. The lowest BCUT2D eigenvalue weighted by molar-refractivity contribution is -0.157. The highest BCUT2D eigenvalue weighted by Crippen LogP contribution is 2.32. The second kappa shape index (κ2) is 10.6. The lowest BCUT2D eigenvalue weighted by Crippen LogP contribution is -2.66. The summed E-state index contributed by atoms with van der Waals surface area (Å²) in [6.45, 7) is 6.33. The third-order valence-corrected chi connectivity index (χ3v) is 7.82. The van der Waals surface area contributed by atoms with Crippen LogP contribution in [0.15, 0.2) is 54.6 Å². The summed E-state index contributed by atoms with van der Waals surface area (Å²) in [4.78, 5) is 48.0. The molecule has 12 heteroatoms. The number of piperazine rings is 1. The van der Waals surface area contributed by atoms with Crippen LogP contribution in [0.3, 0.4) is 0 Å². The number of carbonyl (C=O) groups excluding carboxylic acids is 3. The number of nitrogens with one attached hydrogen (secondary N) is 1. The first-order valence-electron chi connectivity index (χ1n) is 12.5. The molecule has 1 aromatic heterocycles. The van der Waals surface area contributed by atoms with E-state index in [1.165, 1.54) is 35.5 Å². The zero-order valence-corrected chi connectivity index (χ0v) is 22.6. The Morgan fingerprint density at radius 3 is 2.69 bits per heavy atom. The van der Waals surface area contributed by atoms with E-state index >= 15 is 0 Å². The maximum absolute atomic E-state index is 14.0. The Labute approximate surface area is 229 Å². The standard InChI is InChI=1S/C27H30FN7O3S/c1-16(2)12-34(27(38)30-3)33-15-23(36)35-20(11-17-7-9-19(28)10-8-17)25(37)32(14-22(33)35)13-18-5-4-6-21-24(18)31-26(29)39-21/h4-10,20,22H,1,11-15H2,2-3H3,(H2,29,31)(H,30,38)/t20-,22+/m0/s1. The average Bonchev–Trinajstić information content (AvgIpc) is 3.44. The fraction of sp³-hybridized carbons (Fsp3) is 0.333. The number of benzene rings is 2. The van der Waals surface area contributed by atoms with Crippen LogP contribution in [-0.4, -0.2) is 81.5 Å². The Kier molecular flexibility index (Phi) is 7.23. The molecule has 0 spiro atoms. The molecule has 3 N–H and O–H groups in total. The maximum Gasteiger partial charge on any atom is 0.332 e. The van der Waals surface area contributed by atoms with Crippen LogP contribution in [0.2, 0.25) is 0 Å². The summed E-state index contributed by atoms with van der Waals surface area (Å²) in [6.07, 6.45) is -0.378. The molecule has 2 atom stereocenters. The molecule has 0 unspecified atom stereocenters. The Morgan fingerprint density at radius 2 is 2.00 bits per heavy atom. The van der Waals surface area contributed by atoms with Crippen LogP contribution in [-0.2, 0) is 22.6 Å². The summed E-state index contributed by atoms with van der Waals surface area (Å²) in [5.74, 6) is -0.865. The van der Waals surface area contributed by atoms with Gasteiger partial charge in [-0.1, -0.05) is 47.8 Å². The van der Waals surface area contributed by atoms with Crippen molar-refractivity contribution >= 4 is 44.5 Å². The summed E-state index contributed by atoms with van der Waals surface area (Å²) in [5.41, 5.74) is 8.99. The first-order valence-corrected chi connectivity index (χ1v) is 13.4. The molecule has 0 saturated carbocycles. The van der Waals surface area contributed by atoms with E-state index in [1.54, 1.807) is 33.9 Å². The molecule has 2 aromatic carbocycles. The van der Waals surface area contributed by atoms with Gasteiger partial charge >= 0.3 is 6.03 Å². The van der Waals surface area contributed by atoms with E-state index in [2.05, 4.69) is 16.9 Å². The van der Waals surface area contributed by atoms with Gasteiger partial charge in [0.15, 0.2) is 5.13 Å². The monoisotopic (exact) mass is 551 g/mol. The molecular weight excluding hydrogens is 521 g/mol. The number of hydrogen-bond acceptors (Lipinski definition) is 7. The molecule has 204 valence electrons. The van der Waals surface area contributed by atoms with E-state index in [4.69, 9.17) is 5.73 Å². The number of rotatable bonds is 7. The second-order valence-corrected chi connectivity index (χ2v) is 10.9. The SMILES string of the molecule is C=C(C)CN(C(=O)NC)N1CC(=O)N2[C@@H](Cc3ccc(F)cc3)C(=O)N(Cc3cccc4sc(N)nc34)C[C@@H]21. The summed E-state index contributed by atoms with van der Waals surface area (Å²) < 4.78 is 14.5. The molecule has 10 nitrogen and oxygen atoms in total. The van der Waals surface area contributed by atoms with Gasteiger partial charge in [-0.25, -0.2) is 14.2 Å². The molecule has 2 aliphatic heterocycles. The highest BCUT2D eigenvalue weighted by molar-refractivity contribution is 7.22. The molecule has 0 aliphatic carbocycles. The predicted molar refractivity (Wildman–Crippen MR) is 147 cm³/mol. The van der Waals surface area contributed by atoms with Crippen molar-refractivity contribution in [3.63, 3.8) is 0 Å². The van der Waals surface area contributed by atoms with Gasteiger partial charge in [0.2, 0.25) is 11.8 Å². The number of halogens is 1. The number of hydrogen-bond donors (Lipinski definition) is 2. The van der Waals surface area contributed by atoms with Crippen molar-refractivity contribution in [3.05, 3.63) is 71.6 Å². The van der Waals surface area contributed by atoms with Crippen molar-refractivity contribution in [2.24, 2.45) is 0 Å². The van der Waals surface area contributed by atoms with E-state index in [0.29, 0.717) is 5.13 Å². The summed E-state index contributed by atoms with van der Waals surface area (Å²) in [5, 5.41) is 6.25. The number of nitrogens with two attached hydrogens (primary N) is 1. The van der Waals surface area contributed by atoms with Crippen LogP contribution >= 0.6 is 11.3 Å². The minimum Gasteiger partial charge on any atom is -0.375 e. The van der Waals surface area contributed by atoms with Crippen LogP contribution in [0.25, 0.3) is 10.2 Å². The van der Waals surface area contributed by atoms with Gasteiger partial charge in [0.25, 0.3) is 0 Å². The van der Waals surface area contributed by atoms with E-state index in [-0.39, 0.29) is 56.3 Å². The lowest BCUT2D eigenvalue weighted by Gasteiger charge is -2.46. The molecule has 39 heavy (non-hydrogen) atoms. The third-order valence-electron chi connectivity index (χ3n) is 6.97. The van der Waals surface area contributed by atoms with Crippen LogP contribution in [0.4, 0.5) is 14.3 Å². The van der Waals surface area contributed by atoms with Crippen LogP contribution in [0.1, 0.15) is 18.1 Å². The van der Waals surface area contributed by atoms with E-state index in [9.17, 15) is 18.8 Å².